The van der Waals surface area contributed by atoms with Crippen molar-refractivity contribution in [1.29, 1.82) is 0 Å². The Labute approximate surface area is 95.1 Å². The molecule has 0 radical (unpaired) electrons. The normalized spacial score (nSPS) is 16.0. The zero-order chi connectivity index (χ0) is 11.8. The summed E-state index contributed by atoms with van der Waals surface area (Å²) in [5.41, 5.74) is 0. The van der Waals surface area contributed by atoms with Gasteiger partial charge in [-0.15, -0.1) is 0 Å². The summed E-state index contributed by atoms with van der Waals surface area (Å²) < 4.78 is 0. The van der Waals surface area contributed by atoms with Crippen molar-refractivity contribution in [3.63, 3.8) is 0 Å². The van der Waals surface area contributed by atoms with Gasteiger partial charge in [0.2, 0.25) is 0 Å². The highest BCUT2D eigenvalue weighted by atomic mass is 16.3. The minimum Gasteiger partial charge on any atom is -0.392 e. The molecule has 0 saturated carbocycles. The van der Waals surface area contributed by atoms with E-state index in [0.29, 0.717) is 0 Å². The van der Waals surface area contributed by atoms with Crippen LogP contribution in [0.1, 0.15) is 26.2 Å². The van der Waals surface area contributed by atoms with Gasteiger partial charge in [-0.3, -0.25) is 0 Å². The fraction of sp³-hybridized carbons (Fsp3) is 1.00. The van der Waals surface area contributed by atoms with E-state index in [4.69, 9.17) is 0 Å². The van der Waals surface area contributed by atoms with Crippen molar-refractivity contribution in [2.24, 2.45) is 5.92 Å². The molecule has 0 bridgehead atoms. The smallest absolute Gasteiger partial charge is 0.0667 e. The second-order valence-electron chi connectivity index (χ2n) is 5.03. The minimum absolute atomic E-state index is 0.170. The Morgan fingerprint density at radius 1 is 0.933 bits per heavy atom. The number of rotatable bonds is 8. The number of nitrogens with zero attached hydrogens (tertiary/aromatic N) is 2. The van der Waals surface area contributed by atoms with Gasteiger partial charge in [-0.05, 0) is 47.0 Å². The van der Waals surface area contributed by atoms with E-state index in [-0.39, 0.29) is 6.10 Å². The lowest BCUT2D eigenvalue weighted by Crippen LogP contribution is -2.27. The van der Waals surface area contributed by atoms with Gasteiger partial charge in [0.15, 0.2) is 0 Å². The summed E-state index contributed by atoms with van der Waals surface area (Å²) in [7, 11) is 8.22. The van der Waals surface area contributed by atoms with E-state index in [2.05, 4.69) is 25.9 Å². The third-order valence-corrected chi connectivity index (χ3v) is 2.68. The largest absolute Gasteiger partial charge is 0.392 e. The van der Waals surface area contributed by atoms with Crippen LogP contribution in [0.25, 0.3) is 0 Å². The Balaban J connectivity index is 3.69. The maximum absolute atomic E-state index is 9.74. The van der Waals surface area contributed by atoms with Crippen molar-refractivity contribution in [3.05, 3.63) is 0 Å². The van der Waals surface area contributed by atoms with Crippen molar-refractivity contribution in [2.75, 3.05) is 41.3 Å². The number of likely N-dealkylation sites (N-methyl/N-ethyl adjacent to an activating group) is 1. The summed E-state index contributed by atoms with van der Waals surface area (Å²) in [6, 6.07) is 0. The third kappa shape index (κ3) is 8.85. The van der Waals surface area contributed by atoms with Crippen molar-refractivity contribution >= 4 is 0 Å². The highest BCUT2D eigenvalue weighted by molar-refractivity contribution is 4.65. The van der Waals surface area contributed by atoms with E-state index < -0.39 is 0 Å². The molecule has 3 heteroatoms. The average molecular weight is 216 g/mol. The number of hydrogen-bond acceptors (Lipinski definition) is 3. The highest BCUT2D eigenvalue weighted by Gasteiger charge is 2.11. The molecule has 0 fully saturated rings. The Morgan fingerprint density at radius 3 is 1.87 bits per heavy atom. The zero-order valence-electron chi connectivity index (χ0n) is 11.0. The molecular formula is C12H28N2O. The number of hydrogen-bond donors (Lipinski definition) is 1. The predicted molar refractivity (Wildman–Crippen MR) is 66.1 cm³/mol. The van der Waals surface area contributed by atoms with Crippen LogP contribution in [0.15, 0.2) is 0 Å². The number of aliphatic hydroxyl groups is 1. The highest BCUT2D eigenvalue weighted by Crippen LogP contribution is 2.13. The molecule has 92 valence electrons. The molecule has 0 aromatic heterocycles. The van der Waals surface area contributed by atoms with Crippen LogP contribution in [0, 0.1) is 5.92 Å². The van der Waals surface area contributed by atoms with Gasteiger partial charge in [-0.25, -0.2) is 0 Å². The first-order chi connectivity index (χ1) is 6.95. The molecular weight excluding hydrogens is 188 g/mol. The van der Waals surface area contributed by atoms with Gasteiger partial charge in [0.25, 0.3) is 0 Å². The summed E-state index contributed by atoms with van der Waals surface area (Å²) in [5.74, 6) is 0.719. The molecule has 0 rings (SSSR count). The van der Waals surface area contributed by atoms with Crippen LogP contribution in [0.4, 0.5) is 0 Å². The Bertz CT molecular complexity index is 149. The summed E-state index contributed by atoms with van der Waals surface area (Å²) in [5, 5.41) is 9.74. The van der Waals surface area contributed by atoms with E-state index in [1.165, 1.54) is 6.42 Å². The fourth-order valence-corrected chi connectivity index (χ4v) is 1.88. The number of aliphatic hydroxyl groups excluding tert-OH is 1. The van der Waals surface area contributed by atoms with Gasteiger partial charge in [-0.1, -0.05) is 13.3 Å². The molecule has 0 spiro atoms. The molecule has 3 nitrogen and oxygen atoms in total. The lowest BCUT2D eigenvalue weighted by atomic mass is 9.98. The van der Waals surface area contributed by atoms with Crippen LogP contribution in [0.3, 0.4) is 0 Å². The van der Waals surface area contributed by atoms with Crippen molar-refractivity contribution in [3.8, 4) is 0 Å². The van der Waals surface area contributed by atoms with E-state index >= 15 is 0 Å². The van der Waals surface area contributed by atoms with E-state index in [0.717, 1.165) is 31.8 Å². The SMILES string of the molecule is CCC(CCC(O)CN(C)C)CN(C)C. The maximum Gasteiger partial charge on any atom is 0.0667 e. The summed E-state index contributed by atoms with van der Waals surface area (Å²) >= 11 is 0. The van der Waals surface area contributed by atoms with E-state index in [9.17, 15) is 5.11 Å². The second kappa shape index (κ2) is 8.08. The lowest BCUT2D eigenvalue weighted by molar-refractivity contribution is 0.117. The van der Waals surface area contributed by atoms with E-state index in [1.54, 1.807) is 0 Å². The summed E-state index contributed by atoms with van der Waals surface area (Å²) in [4.78, 5) is 4.27. The molecule has 0 aliphatic carbocycles. The molecule has 2 unspecified atom stereocenters. The van der Waals surface area contributed by atoms with Crippen molar-refractivity contribution in [1.82, 2.24) is 9.80 Å². The van der Waals surface area contributed by atoms with Gasteiger partial charge in [0.1, 0.15) is 0 Å². The first kappa shape index (κ1) is 14.9. The molecule has 0 aliphatic heterocycles. The standard InChI is InChI=1S/C12H28N2O/c1-6-11(9-13(2)3)7-8-12(15)10-14(4)5/h11-12,15H,6-10H2,1-5H3. The Hall–Kier alpha value is -0.120. The Morgan fingerprint density at radius 2 is 1.47 bits per heavy atom. The van der Waals surface area contributed by atoms with Crippen LogP contribution in [0.2, 0.25) is 0 Å². The lowest BCUT2D eigenvalue weighted by Gasteiger charge is -2.22. The molecule has 2 atom stereocenters. The topological polar surface area (TPSA) is 26.7 Å². The first-order valence-electron chi connectivity index (χ1n) is 5.93. The molecule has 0 amide bonds. The van der Waals surface area contributed by atoms with E-state index in [1.807, 2.05) is 19.0 Å². The van der Waals surface area contributed by atoms with Crippen LogP contribution < -0.4 is 0 Å². The van der Waals surface area contributed by atoms with Gasteiger partial charge in [0, 0.05) is 13.1 Å². The second-order valence-corrected chi connectivity index (χ2v) is 5.03. The van der Waals surface area contributed by atoms with Crippen LogP contribution >= 0.6 is 0 Å². The molecule has 0 aliphatic rings. The molecule has 1 N–H and O–H groups in total. The van der Waals surface area contributed by atoms with Crippen molar-refractivity contribution in [2.45, 2.75) is 32.3 Å². The fourth-order valence-electron chi connectivity index (χ4n) is 1.88. The Kier molecular flexibility index (Phi) is 8.02. The monoisotopic (exact) mass is 216 g/mol. The van der Waals surface area contributed by atoms with Crippen molar-refractivity contribution < 1.29 is 5.11 Å². The summed E-state index contributed by atoms with van der Waals surface area (Å²) in [6.07, 6.45) is 3.08. The predicted octanol–water partition coefficient (Wildman–Crippen LogP) is 1.28. The first-order valence-corrected chi connectivity index (χ1v) is 5.93. The van der Waals surface area contributed by atoms with Crippen LogP contribution in [-0.4, -0.2) is 62.3 Å². The van der Waals surface area contributed by atoms with Crippen LogP contribution in [-0.2, 0) is 0 Å². The maximum atomic E-state index is 9.74. The van der Waals surface area contributed by atoms with Gasteiger partial charge < -0.3 is 14.9 Å². The minimum atomic E-state index is -0.170. The quantitative estimate of drug-likeness (QED) is 0.662. The average Bonchev–Trinajstić information content (AvgIpc) is 2.10. The van der Waals surface area contributed by atoms with Crippen LogP contribution in [0.5, 0.6) is 0 Å². The zero-order valence-corrected chi connectivity index (χ0v) is 11.0. The summed E-state index contributed by atoms with van der Waals surface area (Å²) in [6.45, 7) is 4.13. The van der Waals surface area contributed by atoms with Gasteiger partial charge >= 0.3 is 0 Å². The molecule has 0 aromatic carbocycles. The third-order valence-electron chi connectivity index (χ3n) is 2.68. The molecule has 15 heavy (non-hydrogen) atoms. The van der Waals surface area contributed by atoms with Gasteiger partial charge in [0.05, 0.1) is 6.10 Å². The molecule has 0 aromatic rings. The molecule has 0 heterocycles. The van der Waals surface area contributed by atoms with Gasteiger partial charge in [-0.2, -0.15) is 0 Å². The molecule has 0 saturated heterocycles.